The zero-order valence-corrected chi connectivity index (χ0v) is 14.8. The lowest BCUT2D eigenvalue weighted by Gasteiger charge is -2.11. The summed E-state index contributed by atoms with van der Waals surface area (Å²) in [4.78, 5) is 12.2. The molecule has 1 aromatic rings. The number of hydrogen-bond acceptors (Lipinski definition) is 2. The van der Waals surface area contributed by atoms with Crippen LogP contribution in [0.15, 0.2) is 36.4 Å². The van der Waals surface area contributed by atoms with Gasteiger partial charge in [-0.1, -0.05) is 94.7 Å². The first kappa shape index (κ1) is 19.6. The highest BCUT2D eigenvalue weighted by Crippen LogP contribution is 2.13. The molecule has 0 amide bonds. The quantitative estimate of drug-likeness (QED) is 0.339. The molecule has 0 aliphatic rings. The molecule has 1 aromatic carbocycles. The Morgan fingerprint density at radius 2 is 1.61 bits per heavy atom. The molecular formula is C21H32O2. The second kappa shape index (κ2) is 13.1. The van der Waals surface area contributed by atoms with Crippen LogP contribution in [0.5, 0.6) is 0 Å². The molecule has 1 rings (SSSR count). The molecule has 0 aromatic heterocycles. The number of hydrogen-bond donors (Lipinski definition) is 0. The Morgan fingerprint density at radius 3 is 2.22 bits per heavy atom. The second-order valence-electron chi connectivity index (χ2n) is 6.13. The van der Waals surface area contributed by atoms with Crippen LogP contribution in [0.2, 0.25) is 0 Å². The number of unbranched alkanes of at least 4 members (excludes halogenated alkanes) is 7. The maximum absolute atomic E-state index is 12.2. The van der Waals surface area contributed by atoms with Gasteiger partial charge >= 0.3 is 0 Å². The van der Waals surface area contributed by atoms with Gasteiger partial charge in [0.1, 0.15) is 6.10 Å². The molecule has 2 nitrogen and oxygen atoms in total. The Balaban J connectivity index is 2.20. The van der Waals surface area contributed by atoms with Gasteiger partial charge in [-0.3, -0.25) is 4.79 Å². The molecule has 2 heteroatoms. The van der Waals surface area contributed by atoms with Crippen LogP contribution in [0.4, 0.5) is 0 Å². The van der Waals surface area contributed by atoms with Crippen molar-refractivity contribution in [2.75, 3.05) is 7.11 Å². The van der Waals surface area contributed by atoms with Crippen LogP contribution in [0.1, 0.15) is 70.3 Å². The van der Waals surface area contributed by atoms with Gasteiger partial charge in [-0.15, -0.1) is 0 Å². The van der Waals surface area contributed by atoms with Crippen molar-refractivity contribution in [1.82, 2.24) is 0 Å². The number of benzene rings is 1. The first-order valence-electron chi connectivity index (χ1n) is 9.07. The molecule has 1 atom stereocenters. The number of carbonyl (C=O) groups is 1. The number of methoxy groups -OCH3 is 1. The summed E-state index contributed by atoms with van der Waals surface area (Å²) in [5.41, 5.74) is 1.04. The van der Waals surface area contributed by atoms with Crippen LogP contribution >= 0.6 is 0 Å². The van der Waals surface area contributed by atoms with Gasteiger partial charge in [-0.05, 0) is 18.1 Å². The molecule has 0 fully saturated rings. The minimum atomic E-state index is -0.296. The summed E-state index contributed by atoms with van der Waals surface area (Å²) >= 11 is 0. The van der Waals surface area contributed by atoms with E-state index in [1.165, 1.54) is 44.9 Å². The van der Waals surface area contributed by atoms with E-state index >= 15 is 0 Å². The third-order valence-electron chi connectivity index (χ3n) is 4.16. The fraction of sp³-hybridized carbons (Fsp3) is 0.571. The SMILES string of the molecule is CCCCCCCCCC[C@@H](OC)C(=O)C=Cc1ccccc1. The topological polar surface area (TPSA) is 26.3 Å². The van der Waals surface area contributed by atoms with Crippen LogP contribution in [0.25, 0.3) is 6.08 Å². The van der Waals surface area contributed by atoms with Crippen molar-refractivity contribution in [1.29, 1.82) is 0 Å². The van der Waals surface area contributed by atoms with Gasteiger partial charge in [0.2, 0.25) is 0 Å². The molecule has 0 spiro atoms. The molecule has 23 heavy (non-hydrogen) atoms. The van der Waals surface area contributed by atoms with Gasteiger partial charge in [0.05, 0.1) is 0 Å². The van der Waals surface area contributed by atoms with E-state index in [9.17, 15) is 4.79 Å². The summed E-state index contributed by atoms with van der Waals surface area (Å²) in [6, 6.07) is 9.89. The van der Waals surface area contributed by atoms with Crippen molar-refractivity contribution in [3.05, 3.63) is 42.0 Å². The average Bonchev–Trinajstić information content (AvgIpc) is 2.59. The largest absolute Gasteiger partial charge is 0.373 e. The van der Waals surface area contributed by atoms with Crippen molar-refractivity contribution >= 4 is 11.9 Å². The molecule has 0 heterocycles. The summed E-state index contributed by atoms with van der Waals surface area (Å²) < 4.78 is 5.36. The Kier molecular flexibility index (Phi) is 11.2. The zero-order chi connectivity index (χ0) is 16.8. The van der Waals surface area contributed by atoms with Crippen molar-refractivity contribution in [2.45, 2.75) is 70.8 Å². The predicted molar refractivity (Wildman–Crippen MR) is 98.5 cm³/mol. The van der Waals surface area contributed by atoms with Crippen LogP contribution in [-0.2, 0) is 9.53 Å². The maximum atomic E-state index is 12.2. The lowest BCUT2D eigenvalue weighted by Crippen LogP contribution is -2.20. The fourth-order valence-electron chi connectivity index (χ4n) is 2.69. The minimum Gasteiger partial charge on any atom is -0.373 e. The minimum absolute atomic E-state index is 0.0688. The second-order valence-corrected chi connectivity index (χ2v) is 6.13. The van der Waals surface area contributed by atoms with E-state index in [-0.39, 0.29) is 11.9 Å². The Bertz CT molecular complexity index is 436. The van der Waals surface area contributed by atoms with E-state index < -0.39 is 0 Å². The normalized spacial score (nSPS) is 12.6. The van der Waals surface area contributed by atoms with E-state index in [0.717, 1.165) is 18.4 Å². The van der Waals surface area contributed by atoms with Gasteiger partial charge in [0.15, 0.2) is 5.78 Å². The van der Waals surface area contributed by atoms with Gasteiger partial charge in [-0.2, -0.15) is 0 Å². The van der Waals surface area contributed by atoms with E-state index in [0.29, 0.717) is 0 Å². The summed E-state index contributed by atoms with van der Waals surface area (Å²) in [6.07, 6.45) is 14.3. The molecule has 0 saturated heterocycles. The van der Waals surface area contributed by atoms with Crippen molar-refractivity contribution in [2.24, 2.45) is 0 Å². The summed E-state index contributed by atoms with van der Waals surface area (Å²) in [5, 5.41) is 0. The summed E-state index contributed by atoms with van der Waals surface area (Å²) in [7, 11) is 1.63. The number of rotatable bonds is 13. The number of ether oxygens (including phenoxy) is 1. The molecule has 0 bridgehead atoms. The zero-order valence-electron chi connectivity index (χ0n) is 14.8. The van der Waals surface area contributed by atoms with Gasteiger partial charge < -0.3 is 4.74 Å². The van der Waals surface area contributed by atoms with E-state index in [4.69, 9.17) is 4.74 Å². The van der Waals surface area contributed by atoms with Crippen LogP contribution in [0.3, 0.4) is 0 Å². The Hall–Kier alpha value is -1.41. The first-order chi connectivity index (χ1) is 11.3. The fourth-order valence-corrected chi connectivity index (χ4v) is 2.69. The van der Waals surface area contributed by atoms with Crippen LogP contribution < -0.4 is 0 Å². The molecule has 0 unspecified atom stereocenters. The predicted octanol–water partition coefficient (Wildman–Crippen LogP) is 5.81. The van der Waals surface area contributed by atoms with Crippen molar-refractivity contribution < 1.29 is 9.53 Å². The van der Waals surface area contributed by atoms with Crippen molar-refractivity contribution in [3.63, 3.8) is 0 Å². The lowest BCUT2D eigenvalue weighted by molar-refractivity contribution is -0.124. The van der Waals surface area contributed by atoms with Crippen LogP contribution in [-0.4, -0.2) is 19.0 Å². The van der Waals surface area contributed by atoms with Gasteiger partial charge in [-0.25, -0.2) is 0 Å². The van der Waals surface area contributed by atoms with Gasteiger partial charge in [0.25, 0.3) is 0 Å². The van der Waals surface area contributed by atoms with E-state index in [1.807, 2.05) is 36.4 Å². The summed E-state index contributed by atoms with van der Waals surface area (Å²) in [6.45, 7) is 2.24. The molecule has 0 aliphatic carbocycles. The summed E-state index contributed by atoms with van der Waals surface area (Å²) in [5.74, 6) is 0.0688. The Morgan fingerprint density at radius 1 is 1.00 bits per heavy atom. The smallest absolute Gasteiger partial charge is 0.184 e. The number of ketones is 1. The van der Waals surface area contributed by atoms with E-state index in [1.54, 1.807) is 13.2 Å². The van der Waals surface area contributed by atoms with Crippen LogP contribution in [0, 0.1) is 0 Å². The number of carbonyl (C=O) groups excluding carboxylic acids is 1. The third kappa shape index (κ3) is 9.35. The lowest BCUT2D eigenvalue weighted by atomic mass is 10.0. The Labute approximate surface area is 141 Å². The molecule has 128 valence electrons. The highest BCUT2D eigenvalue weighted by atomic mass is 16.5. The highest BCUT2D eigenvalue weighted by molar-refractivity contribution is 5.96. The molecule has 0 N–H and O–H groups in total. The third-order valence-corrected chi connectivity index (χ3v) is 4.16. The van der Waals surface area contributed by atoms with E-state index in [2.05, 4.69) is 6.92 Å². The molecule has 0 saturated carbocycles. The average molecular weight is 316 g/mol. The molecular weight excluding hydrogens is 284 g/mol. The molecule has 0 radical (unpaired) electrons. The molecule has 0 aliphatic heterocycles. The van der Waals surface area contributed by atoms with Crippen molar-refractivity contribution in [3.8, 4) is 0 Å². The highest BCUT2D eigenvalue weighted by Gasteiger charge is 2.14. The first-order valence-corrected chi connectivity index (χ1v) is 9.07. The standard InChI is InChI=1S/C21H32O2/c1-3-4-5-6-7-8-9-13-16-21(23-2)20(22)18-17-19-14-11-10-12-15-19/h10-12,14-15,17-18,21H,3-9,13,16H2,1-2H3/t21-/m1/s1. The maximum Gasteiger partial charge on any atom is 0.184 e. The monoisotopic (exact) mass is 316 g/mol. The van der Waals surface area contributed by atoms with Gasteiger partial charge in [0, 0.05) is 7.11 Å².